The lowest BCUT2D eigenvalue weighted by atomic mass is 10.3. The fraction of sp³-hybridized carbons (Fsp3) is 0. The van der Waals surface area contributed by atoms with Crippen molar-refractivity contribution in [2.45, 2.75) is 9.79 Å². The van der Waals surface area contributed by atoms with Gasteiger partial charge in [0.05, 0.1) is 5.56 Å². The number of aromatic nitrogens is 1. The summed E-state index contributed by atoms with van der Waals surface area (Å²) in [5, 5.41) is 18.1. The Morgan fingerprint density at radius 2 is 1.94 bits per heavy atom. The van der Waals surface area contributed by atoms with Gasteiger partial charge < -0.3 is 5.11 Å². The second-order valence-electron chi connectivity index (χ2n) is 3.08. The molecule has 0 saturated carbocycles. The van der Waals surface area contributed by atoms with E-state index in [1.165, 1.54) is 11.8 Å². The van der Waals surface area contributed by atoms with Gasteiger partial charge in [0.1, 0.15) is 11.8 Å². The van der Waals surface area contributed by atoms with Gasteiger partial charge in [-0.15, -0.1) is 0 Å². The number of benzene rings is 1. The molecule has 0 aliphatic carbocycles. The molecule has 1 aromatic carbocycles. The highest BCUT2D eigenvalue weighted by atomic mass is 32.2. The van der Waals surface area contributed by atoms with Crippen LogP contribution in [0, 0.1) is 11.3 Å². The largest absolute Gasteiger partial charge is 0.508 e. The zero-order chi connectivity index (χ0) is 11.4. The van der Waals surface area contributed by atoms with Crippen LogP contribution in [0.3, 0.4) is 0 Å². The summed E-state index contributed by atoms with van der Waals surface area (Å²) < 4.78 is 0. The molecule has 0 atom stereocenters. The normalized spacial score (nSPS) is 9.69. The third-order valence-corrected chi connectivity index (χ3v) is 3.02. The predicted molar refractivity (Wildman–Crippen MR) is 61.2 cm³/mol. The van der Waals surface area contributed by atoms with Crippen LogP contribution in [0.15, 0.2) is 52.5 Å². The minimum atomic E-state index is 0.232. The summed E-state index contributed by atoms with van der Waals surface area (Å²) in [5.41, 5.74) is 0.605. The summed E-state index contributed by atoms with van der Waals surface area (Å²) in [6.07, 6.45) is 3.26. The molecule has 0 aliphatic rings. The van der Waals surface area contributed by atoms with Crippen molar-refractivity contribution in [2.24, 2.45) is 0 Å². The molecule has 1 aromatic heterocycles. The van der Waals surface area contributed by atoms with Crippen LogP contribution in [0.2, 0.25) is 0 Å². The van der Waals surface area contributed by atoms with Crippen molar-refractivity contribution in [3.05, 3.63) is 48.3 Å². The molecule has 2 rings (SSSR count). The van der Waals surface area contributed by atoms with E-state index in [0.29, 0.717) is 5.56 Å². The van der Waals surface area contributed by atoms with Gasteiger partial charge >= 0.3 is 0 Å². The lowest BCUT2D eigenvalue weighted by Crippen LogP contribution is -1.82. The number of pyridine rings is 1. The molecule has 16 heavy (non-hydrogen) atoms. The molecule has 0 aliphatic heterocycles. The van der Waals surface area contributed by atoms with E-state index in [9.17, 15) is 0 Å². The number of hydrogen-bond acceptors (Lipinski definition) is 4. The summed E-state index contributed by atoms with van der Waals surface area (Å²) in [7, 11) is 0. The summed E-state index contributed by atoms with van der Waals surface area (Å²) in [4.78, 5) is 5.76. The average molecular weight is 228 g/mol. The quantitative estimate of drug-likeness (QED) is 0.858. The van der Waals surface area contributed by atoms with Crippen molar-refractivity contribution >= 4 is 11.8 Å². The maximum atomic E-state index is 9.15. The number of nitrogens with zero attached hydrogens (tertiary/aromatic N) is 2. The molecule has 0 radical (unpaired) electrons. The first-order valence-electron chi connectivity index (χ1n) is 4.60. The van der Waals surface area contributed by atoms with E-state index in [4.69, 9.17) is 10.4 Å². The lowest BCUT2D eigenvalue weighted by Gasteiger charge is -2.02. The van der Waals surface area contributed by atoms with Crippen molar-refractivity contribution < 1.29 is 5.11 Å². The topological polar surface area (TPSA) is 56.9 Å². The Bertz CT molecular complexity index is 531. The van der Waals surface area contributed by atoms with Gasteiger partial charge in [0.25, 0.3) is 0 Å². The summed E-state index contributed by atoms with van der Waals surface area (Å²) in [6.45, 7) is 0. The molecule has 0 saturated heterocycles. The Morgan fingerprint density at radius 1 is 1.19 bits per heavy atom. The first kappa shape index (κ1) is 10.5. The molecule has 78 valence electrons. The van der Waals surface area contributed by atoms with Crippen LogP contribution in [0.25, 0.3) is 0 Å². The monoisotopic (exact) mass is 228 g/mol. The van der Waals surface area contributed by atoms with E-state index in [0.717, 1.165) is 9.79 Å². The lowest BCUT2D eigenvalue weighted by molar-refractivity contribution is 0.475. The Kier molecular flexibility index (Phi) is 3.08. The molecule has 0 bridgehead atoms. The number of nitriles is 1. The second-order valence-corrected chi connectivity index (χ2v) is 4.19. The molecule has 4 heteroatoms. The van der Waals surface area contributed by atoms with Crippen LogP contribution in [-0.4, -0.2) is 10.1 Å². The van der Waals surface area contributed by atoms with Gasteiger partial charge in [-0.2, -0.15) is 5.26 Å². The zero-order valence-corrected chi connectivity index (χ0v) is 9.11. The highest BCUT2D eigenvalue weighted by Crippen LogP contribution is 2.30. The van der Waals surface area contributed by atoms with E-state index in [2.05, 4.69) is 11.1 Å². The van der Waals surface area contributed by atoms with Crippen LogP contribution in [0.5, 0.6) is 5.75 Å². The van der Waals surface area contributed by atoms with Gasteiger partial charge in [0.2, 0.25) is 0 Å². The van der Waals surface area contributed by atoms with Crippen LogP contribution in [-0.2, 0) is 0 Å². The Morgan fingerprint density at radius 3 is 2.62 bits per heavy atom. The standard InChI is InChI=1S/C12H8N2OS/c13-7-9-5-6-14-8-12(9)16-11-3-1-10(15)2-4-11/h1-6,8,15H. The van der Waals surface area contributed by atoms with Crippen LogP contribution >= 0.6 is 11.8 Å². The third-order valence-electron chi connectivity index (χ3n) is 1.97. The third kappa shape index (κ3) is 2.33. The van der Waals surface area contributed by atoms with E-state index in [1.807, 2.05) is 0 Å². The molecule has 0 unspecified atom stereocenters. The molecular weight excluding hydrogens is 220 g/mol. The average Bonchev–Trinajstić information content (AvgIpc) is 2.33. The molecule has 1 heterocycles. The first-order chi connectivity index (χ1) is 7.79. The number of phenols is 1. The van der Waals surface area contributed by atoms with Gasteiger partial charge in [-0.05, 0) is 30.3 Å². The smallest absolute Gasteiger partial charge is 0.115 e. The number of rotatable bonds is 2. The van der Waals surface area contributed by atoms with Gasteiger partial charge in [0.15, 0.2) is 0 Å². The Labute approximate surface area is 97.4 Å². The van der Waals surface area contributed by atoms with Crippen LogP contribution < -0.4 is 0 Å². The molecular formula is C12H8N2OS. The minimum Gasteiger partial charge on any atom is -0.508 e. The first-order valence-corrected chi connectivity index (χ1v) is 5.42. The molecule has 2 aromatic rings. The summed E-state index contributed by atoms with van der Waals surface area (Å²) >= 11 is 1.45. The highest BCUT2D eigenvalue weighted by molar-refractivity contribution is 7.99. The molecule has 0 fully saturated rings. The van der Waals surface area contributed by atoms with E-state index in [-0.39, 0.29) is 5.75 Å². The van der Waals surface area contributed by atoms with E-state index < -0.39 is 0 Å². The Hall–Kier alpha value is -1.99. The number of hydrogen-bond donors (Lipinski definition) is 1. The van der Waals surface area contributed by atoms with Crippen molar-refractivity contribution in [3.8, 4) is 11.8 Å². The minimum absolute atomic E-state index is 0.232. The SMILES string of the molecule is N#Cc1ccncc1Sc1ccc(O)cc1. The molecule has 1 N–H and O–H groups in total. The molecule has 3 nitrogen and oxygen atoms in total. The van der Waals surface area contributed by atoms with Crippen LogP contribution in [0.1, 0.15) is 5.56 Å². The van der Waals surface area contributed by atoms with Gasteiger partial charge in [-0.3, -0.25) is 4.98 Å². The maximum absolute atomic E-state index is 9.15. The van der Waals surface area contributed by atoms with Crippen LogP contribution in [0.4, 0.5) is 0 Å². The van der Waals surface area contributed by atoms with Crippen molar-refractivity contribution in [2.75, 3.05) is 0 Å². The zero-order valence-electron chi connectivity index (χ0n) is 8.29. The number of aromatic hydroxyl groups is 1. The van der Waals surface area contributed by atoms with Crippen molar-refractivity contribution in [1.29, 1.82) is 5.26 Å². The Balaban J connectivity index is 2.27. The fourth-order valence-electron chi connectivity index (χ4n) is 1.19. The maximum Gasteiger partial charge on any atom is 0.115 e. The summed E-state index contributed by atoms with van der Waals surface area (Å²) in [5.74, 6) is 0.232. The van der Waals surface area contributed by atoms with E-state index in [1.54, 1.807) is 42.7 Å². The van der Waals surface area contributed by atoms with Gasteiger partial charge in [-0.25, -0.2) is 0 Å². The summed E-state index contributed by atoms with van der Waals surface area (Å²) in [6, 6.07) is 10.6. The van der Waals surface area contributed by atoms with E-state index >= 15 is 0 Å². The van der Waals surface area contributed by atoms with Gasteiger partial charge in [0, 0.05) is 22.2 Å². The molecule has 0 spiro atoms. The van der Waals surface area contributed by atoms with Crippen molar-refractivity contribution in [3.63, 3.8) is 0 Å². The number of phenolic OH excluding ortho intramolecular Hbond substituents is 1. The van der Waals surface area contributed by atoms with Crippen molar-refractivity contribution in [1.82, 2.24) is 4.98 Å². The van der Waals surface area contributed by atoms with Gasteiger partial charge in [-0.1, -0.05) is 11.8 Å². The highest BCUT2D eigenvalue weighted by Gasteiger charge is 2.03. The molecule has 0 amide bonds. The predicted octanol–water partition coefficient (Wildman–Crippen LogP) is 2.81. The fourth-order valence-corrected chi connectivity index (χ4v) is 2.06. The second kappa shape index (κ2) is 4.69.